The van der Waals surface area contributed by atoms with Gasteiger partial charge in [0.2, 0.25) is 0 Å². The fourth-order valence-electron chi connectivity index (χ4n) is 2.11. The normalized spacial score (nSPS) is 12.8. The lowest BCUT2D eigenvalue weighted by Crippen LogP contribution is -2.23. The standard InChI is InChI=1S/C15H20N2O/c1-12(11-18-2)9-16-10-14-6-3-5-13-7-4-8-17-15(13)14/h3-8,12,16H,9-11H2,1-2H3. The summed E-state index contributed by atoms with van der Waals surface area (Å²) in [5, 5.41) is 4.65. The highest BCUT2D eigenvalue weighted by atomic mass is 16.5. The van der Waals surface area contributed by atoms with Crippen molar-refractivity contribution < 1.29 is 4.74 Å². The zero-order valence-electron chi connectivity index (χ0n) is 11.0. The van der Waals surface area contributed by atoms with E-state index in [0.717, 1.165) is 25.2 Å². The van der Waals surface area contributed by atoms with Gasteiger partial charge in [-0.2, -0.15) is 0 Å². The first-order chi connectivity index (χ1) is 8.81. The van der Waals surface area contributed by atoms with Gasteiger partial charge in [0.25, 0.3) is 0 Å². The summed E-state index contributed by atoms with van der Waals surface area (Å²) in [6, 6.07) is 10.4. The molecule has 1 aromatic heterocycles. The predicted octanol–water partition coefficient (Wildman–Crippen LogP) is 2.61. The van der Waals surface area contributed by atoms with E-state index in [2.05, 4.69) is 41.5 Å². The number of benzene rings is 1. The highest BCUT2D eigenvalue weighted by Gasteiger charge is 2.03. The smallest absolute Gasteiger partial charge is 0.0746 e. The lowest BCUT2D eigenvalue weighted by molar-refractivity contribution is 0.158. The van der Waals surface area contributed by atoms with Crippen LogP contribution in [-0.2, 0) is 11.3 Å². The van der Waals surface area contributed by atoms with Crippen LogP contribution in [0.15, 0.2) is 36.5 Å². The van der Waals surface area contributed by atoms with Crippen molar-refractivity contribution in [2.75, 3.05) is 20.3 Å². The molecule has 0 aliphatic rings. The molecule has 3 nitrogen and oxygen atoms in total. The third kappa shape index (κ3) is 3.28. The van der Waals surface area contributed by atoms with Crippen LogP contribution in [0, 0.1) is 5.92 Å². The van der Waals surface area contributed by atoms with Crippen molar-refractivity contribution in [1.29, 1.82) is 0 Å². The molecular formula is C15H20N2O. The minimum atomic E-state index is 0.526. The topological polar surface area (TPSA) is 34.1 Å². The number of ether oxygens (including phenoxy) is 1. The summed E-state index contributed by atoms with van der Waals surface area (Å²) >= 11 is 0. The second kappa shape index (κ2) is 6.47. The van der Waals surface area contributed by atoms with E-state index in [1.807, 2.05) is 12.3 Å². The van der Waals surface area contributed by atoms with Crippen LogP contribution in [0.4, 0.5) is 0 Å². The third-order valence-corrected chi connectivity index (χ3v) is 2.98. The van der Waals surface area contributed by atoms with E-state index in [-0.39, 0.29) is 0 Å². The molecule has 18 heavy (non-hydrogen) atoms. The first kappa shape index (κ1) is 13.0. The van der Waals surface area contributed by atoms with Gasteiger partial charge in [-0.1, -0.05) is 31.2 Å². The van der Waals surface area contributed by atoms with Crippen molar-refractivity contribution in [3.63, 3.8) is 0 Å². The highest BCUT2D eigenvalue weighted by molar-refractivity contribution is 5.81. The third-order valence-electron chi connectivity index (χ3n) is 2.98. The summed E-state index contributed by atoms with van der Waals surface area (Å²) < 4.78 is 5.12. The van der Waals surface area contributed by atoms with Crippen molar-refractivity contribution in [3.05, 3.63) is 42.1 Å². The van der Waals surface area contributed by atoms with Crippen molar-refractivity contribution in [3.8, 4) is 0 Å². The molecule has 3 heteroatoms. The van der Waals surface area contributed by atoms with Gasteiger partial charge >= 0.3 is 0 Å². The maximum atomic E-state index is 5.12. The van der Waals surface area contributed by atoms with E-state index in [4.69, 9.17) is 4.74 Å². The molecule has 1 heterocycles. The molecule has 0 amide bonds. The Morgan fingerprint density at radius 1 is 1.28 bits per heavy atom. The van der Waals surface area contributed by atoms with Crippen LogP contribution >= 0.6 is 0 Å². The highest BCUT2D eigenvalue weighted by Crippen LogP contribution is 2.15. The van der Waals surface area contributed by atoms with Gasteiger partial charge in [-0.15, -0.1) is 0 Å². The molecule has 96 valence electrons. The zero-order valence-corrected chi connectivity index (χ0v) is 11.0. The lowest BCUT2D eigenvalue weighted by atomic mass is 10.1. The number of aromatic nitrogens is 1. The Morgan fingerprint density at radius 2 is 2.11 bits per heavy atom. The maximum absolute atomic E-state index is 5.12. The number of para-hydroxylation sites is 1. The second-order valence-electron chi connectivity index (χ2n) is 4.68. The van der Waals surface area contributed by atoms with E-state index < -0.39 is 0 Å². The van der Waals surface area contributed by atoms with Gasteiger partial charge < -0.3 is 10.1 Å². The quantitative estimate of drug-likeness (QED) is 0.848. The number of rotatable bonds is 6. The maximum Gasteiger partial charge on any atom is 0.0746 e. The monoisotopic (exact) mass is 244 g/mol. The molecule has 0 saturated heterocycles. The largest absolute Gasteiger partial charge is 0.384 e. The minimum absolute atomic E-state index is 0.526. The predicted molar refractivity (Wildman–Crippen MR) is 74.5 cm³/mol. The van der Waals surface area contributed by atoms with Gasteiger partial charge in [0.1, 0.15) is 0 Å². The van der Waals surface area contributed by atoms with Gasteiger partial charge in [-0.3, -0.25) is 4.98 Å². The van der Waals surface area contributed by atoms with Crippen molar-refractivity contribution >= 4 is 10.9 Å². The van der Waals surface area contributed by atoms with Crippen molar-refractivity contribution in [2.24, 2.45) is 5.92 Å². The summed E-state index contributed by atoms with van der Waals surface area (Å²) in [5.41, 5.74) is 2.34. The SMILES string of the molecule is COCC(C)CNCc1cccc2cccnc12. The van der Waals surface area contributed by atoms with E-state index in [1.165, 1.54) is 10.9 Å². The zero-order chi connectivity index (χ0) is 12.8. The summed E-state index contributed by atoms with van der Waals surface area (Å²) in [5.74, 6) is 0.526. The van der Waals surface area contributed by atoms with Crippen LogP contribution in [0.25, 0.3) is 10.9 Å². The molecule has 0 aliphatic carbocycles. The number of hydrogen-bond donors (Lipinski definition) is 1. The molecule has 0 aliphatic heterocycles. The Bertz CT molecular complexity index is 493. The van der Waals surface area contributed by atoms with Crippen LogP contribution < -0.4 is 5.32 Å². The number of fused-ring (bicyclic) bond motifs is 1. The molecular weight excluding hydrogens is 224 g/mol. The number of pyridine rings is 1. The van der Waals surface area contributed by atoms with Crippen molar-refractivity contribution in [2.45, 2.75) is 13.5 Å². The van der Waals surface area contributed by atoms with Crippen LogP contribution in [0.3, 0.4) is 0 Å². The number of hydrogen-bond acceptors (Lipinski definition) is 3. The van der Waals surface area contributed by atoms with Gasteiger partial charge in [0, 0.05) is 38.4 Å². The molecule has 0 saturated carbocycles. The Morgan fingerprint density at radius 3 is 2.94 bits per heavy atom. The van der Waals surface area contributed by atoms with Gasteiger partial charge in [-0.25, -0.2) is 0 Å². The number of nitrogens with one attached hydrogen (secondary N) is 1. The molecule has 1 N–H and O–H groups in total. The van der Waals surface area contributed by atoms with Crippen LogP contribution in [-0.4, -0.2) is 25.2 Å². The number of nitrogens with zero attached hydrogens (tertiary/aromatic N) is 1. The first-order valence-corrected chi connectivity index (χ1v) is 6.33. The first-order valence-electron chi connectivity index (χ1n) is 6.33. The fourth-order valence-corrected chi connectivity index (χ4v) is 2.11. The molecule has 0 spiro atoms. The second-order valence-corrected chi connectivity index (χ2v) is 4.68. The molecule has 1 aromatic carbocycles. The molecule has 0 fully saturated rings. The molecule has 1 unspecified atom stereocenters. The van der Waals surface area contributed by atoms with Gasteiger partial charge in [0.15, 0.2) is 0 Å². The van der Waals surface area contributed by atoms with E-state index in [0.29, 0.717) is 5.92 Å². The average Bonchev–Trinajstić information content (AvgIpc) is 2.39. The Hall–Kier alpha value is -1.45. The Balaban J connectivity index is 1.99. The average molecular weight is 244 g/mol. The number of methoxy groups -OCH3 is 1. The van der Waals surface area contributed by atoms with E-state index >= 15 is 0 Å². The lowest BCUT2D eigenvalue weighted by Gasteiger charge is -2.12. The summed E-state index contributed by atoms with van der Waals surface area (Å²) in [6.07, 6.45) is 1.85. The van der Waals surface area contributed by atoms with Crippen LogP contribution in [0.1, 0.15) is 12.5 Å². The van der Waals surface area contributed by atoms with E-state index in [9.17, 15) is 0 Å². The summed E-state index contributed by atoms with van der Waals surface area (Å²) in [7, 11) is 1.74. The molecule has 1 atom stereocenters. The Kier molecular flexibility index (Phi) is 4.67. The minimum Gasteiger partial charge on any atom is -0.384 e. The molecule has 0 radical (unpaired) electrons. The van der Waals surface area contributed by atoms with Crippen molar-refractivity contribution in [1.82, 2.24) is 10.3 Å². The van der Waals surface area contributed by atoms with Crippen LogP contribution in [0.5, 0.6) is 0 Å². The van der Waals surface area contributed by atoms with Gasteiger partial charge in [-0.05, 0) is 17.5 Å². The summed E-state index contributed by atoms with van der Waals surface area (Å²) in [4.78, 5) is 4.45. The van der Waals surface area contributed by atoms with E-state index in [1.54, 1.807) is 7.11 Å². The van der Waals surface area contributed by atoms with Crippen LogP contribution in [0.2, 0.25) is 0 Å². The fraction of sp³-hybridized carbons (Fsp3) is 0.400. The summed E-state index contributed by atoms with van der Waals surface area (Å²) in [6.45, 7) is 4.78. The van der Waals surface area contributed by atoms with Gasteiger partial charge in [0.05, 0.1) is 5.52 Å². The molecule has 0 bridgehead atoms. The molecule has 2 aromatic rings. The molecule has 2 rings (SSSR count). The Labute approximate surface area is 108 Å².